The quantitative estimate of drug-likeness (QED) is 0.882. The van der Waals surface area contributed by atoms with E-state index in [2.05, 4.69) is 29.6 Å². The van der Waals surface area contributed by atoms with Crippen molar-refractivity contribution in [1.82, 2.24) is 10.2 Å². The highest BCUT2D eigenvalue weighted by Gasteiger charge is 2.31. The van der Waals surface area contributed by atoms with E-state index >= 15 is 0 Å². The van der Waals surface area contributed by atoms with E-state index in [4.69, 9.17) is 5.73 Å². The third-order valence-electron chi connectivity index (χ3n) is 5.75. The van der Waals surface area contributed by atoms with Crippen molar-refractivity contribution in [1.29, 1.82) is 0 Å². The number of hydrogen-bond donors (Lipinski definition) is 2. The van der Waals surface area contributed by atoms with Crippen LogP contribution in [0.1, 0.15) is 44.1 Å². The largest absolute Gasteiger partial charge is 0.353 e. The molecule has 5 heteroatoms. The molecule has 1 aliphatic carbocycles. The molecule has 1 aliphatic heterocycles. The van der Waals surface area contributed by atoms with Crippen molar-refractivity contribution in [2.75, 3.05) is 13.1 Å². The van der Waals surface area contributed by atoms with E-state index in [1.807, 2.05) is 6.07 Å². The smallest absolute Gasteiger partial charge is 0.314 e. The molecule has 0 unspecified atom stereocenters. The number of urea groups is 1. The fraction of sp³-hybridized carbons (Fsp3) is 0.600. The summed E-state index contributed by atoms with van der Waals surface area (Å²) in [5.74, 6) is 0.690. The lowest BCUT2D eigenvalue weighted by atomic mass is 9.80. The van der Waals surface area contributed by atoms with Crippen molar-refractivity contribution >= 4 is 11.9 Å². The lowest BCUT2D eigenvalue weighted by Crippen LogP contribution is -2.49. The molecule has 1 heterocycles. The van der Waals surface area contributed by atoms with E-state index < -0.39 is 0 Å². The number of nitrogens with two attached hydrogens (primary N) is 1. The average Bonchev–Trinajstić information content (AvgIpc) is 2.64. The predicted octanol–water partition coefficient (Wildman–Crippen LogP) is 2.69. The van der Waals surface area contributed by atoms with E-state index in [0.29, 0.717) is 31.8 Å². The van der Waals surface area contributed by atoms with Gasteiger partial charge in [-0.25, -0.2) is 4.79 Å². The molecule has 25 heavy (non-hydrogen) atoms. The van der Waals surface area contributed by atoms with Gasteiger partial charge in [-0.15, -0.1) is 0 Å². The normalized spacial score (nSPS) is 24.7. The number of carbonyl (C=O) groups is 2. The van der Waals surface area contributed by atoms with Gasteiger partial charge < -0.3 is 16.0 Å². The lowest BCUT2D eigenvalue weighted by Gasteiger charge is -2.35. The van der Waals surface area contributed by atoms with Crippen LogP contribution in [0, 0.1) is 11.8 Å². The molecule has 2 atom stereocenters. The Balaban J connectivity index is 1.54. The second-order valence-corrected chi connectivity index (χ2v) is 7.45. The minimum absolute atomic E-state index is 0.00917. The Morgan fingerprint density at radius 2 is 1.72 bits per heavy atom. The molecule has 0 radical (unpaired) electrons. The van der Waals surface area contributed by atoms with Crippen LogP contribution >= 0.6 is 0 Å². The molecule has 1 aromatic carbocycles. The number of benzene rings is 1. The van der Waals surface area contributed by atoms with Crippen LogP contribution in [0.2, 0.25) is 0 Å². The van der Waals surface area contributed by atoms with Gasteiger partial charge in [0.25, 0.3) is 0 Å². The van der Waals surface area contributed by atoms with E-state index in [9.17, 15) is 9.59 Å². The Morgan fingerprint density at radius 3 is 2.40 bits per heavy atom. The van der Waals surface area contributed by atoms with Gasteiger partial charge in [-0.05, 0) is 43.6 Å². The maximum atomic E-state index is 12.7. The minimum atomic E-state index is -0.380. The molecular weight excluding hydrogens is 314 g/mol. The van der Waals surface area contributed by atoms with Crippen LogP contribution in [0.3, 0.4) is 0 Å². The van der Waals surface area contributed by atoms with E-state index in [1.165, 1.54) is 24.8 Å². The number of likely N-dealkylation sites (tertiary alicyclic amines) is 1. The highest BCUT2D eigenvalue weighted by Crippen LogP contribution is 2.28. The van der Waals surface area contributed by atoms with Crippen molar-refractivity contribution in [3.63, 3.8) is 0 Å². The molecule has 5 nitrogen and oxygen atoms in total. The molecule has 2 fully saturated rings. The lowest BCUT2D eigenvalue weighted by molar-refractivity contribution is -0.127. The molecule has 2 aliphatic rings. The van der Waals surface area contributed by atoms with Gasteiger partial charge in [-0.3, -0.25) is 4.79 Å². The third-order valence-corrected chi connectivity index (χ3v) is 5.75. The number of nitrogens with zero attached hydrogens (tertiary/aromatic N) is 1. The summed E-state index contributed by atoms with van der Waals surface area (Å²) >= 11 is 0. The van der Waals surface area contributed by atoms with Crippen LogP contribution in [-0.2, 0) is 11.2 Å². The Hall–Kier alpha value is -2.04. The summed E-state index contributed by atoms with van der Waals surface area (Å²) in [6, 6.07) is 10.4. The van der Waals surface area contributed by atoms with Gasteiger partial charge in [0.2, 0.25) is 5.91 Å². The number of carbonyl (C=O) groups excluding carboxylic acids is 2. The Kier molecular flexibility index (Phi) is 5.95. The Bertz CT molecular complexity index is 582. The zero-order chi connectivity index (χ0) is 17.6. The zero-order valence-electron chi connectivity index (χ0n) is 14.8. The predicted molar refractivity (Wildman–Crippen MR) is 97.9 cm³/mol. The van der Waals surface area contributed by atoms with E-state index in [1.54, 1.807) is 4.90 Å². The van der Waals surface area contributed by atoms with Gasteiger partial charge in [0.15, 0.2) is 0 Å². The summed E-state index contributed by atoms with van der Waals surface area (Å²) in [4.78, 5) is 25.5. The number of nitrogens with one attached hydrogen (secondary N) is 1. The molecule has 0 aromatic heterocycles. The first kappa shape index (κ1) is 17.8. The molecule has 1 saturated carbocycles. The van der Waals surface area contributed by atoms with Crippen LogP contribution in [-0.4, -0.2) is 36.0 Å². The van der Waals surface area contributed by atoms with Gasteiger partial charge in [-0.1, -0.05) is 43.2 Å². The third kappa shape index (κ3) is 4.74. The zero-order valence-corrected chi connectivity index (χ0v) is 14.8. The number of hydrogen-bond acceptors (Lipinski definition) is 2. The maximum absolute atomic E-state index is 12.7. The molecule has 1 saturated heterocycles. The minimum Gasteiger partial charge on any atom is -0.353 e. The first-order chi connectivity index (χ1) is 12.1. The SMILES string of the molecule is NC(=O)N1CCC(C(=O)N[C@@H]2CCCC[C@H]2Cc2ccccc2)CC1. The van der Waals surface area contributed by atoms with Crippen molar-refractivity contribution in [2.24, 2.45) is 17.6 Å². The molecule has 3 N–H and O–H groups in total. The summed E-state index contributed by atoms with van der Waals surface area (Å²) in [6.45, 7) is 1.18. The number of piperidine rings is 1. The molecule has 0 spiro atoms. The van der Waals surface area contributed by atoms with Gasteiger partial charge in [0, 0.05) is 25.0 Å². The highest BCUT2D eigenvalue weighted by molar-refractivity contribution is 5.79. The van der Waals surface area contributed by atoms with Crippen LogP contribution < -0.4 is 11.1 Å². The number of primary amides is 1. The summed E-state index contributed by atoms with van der Waals surface area (Å²) < 4.78 is 0. The number of rotatable bonds is 4. The number of amides is 3. The van der Waals surface area contributed by atoms with Gasteiger partial charge in [-0.2, -0.15) is 0 Å². The van der Waals surface area contributed by atoms with Gasteiger partial charge in [0.1, 0.15) is 0 Å². The van der Waals surface area contributed by atoms with Crippen LogP contribution in [0.5, 0.6) is 0 Å². The fourth-order valence-corrected chi connectivity index (χ4v) is 4.22. The summed E-state index contributed by atoms with van der Waals surface area (Å²) in [5, 5.41) is 3.33. The summed E-state index contributed by atoms with van der Waals surface area (Å²) in [7, 11) is 0. The first-order valence-electron chi connectivity index (χ1n) is 9.52. The van der Waals surface area contributed by atoms with E-state index in [0.717, 1.165) is 12.8 Å². The second kappa shape index (κ2) is 8.37. The van der Waals surface area contributed by atoms with Crippen molar-refractivity contribution < 1.29 is 9.59 Å². The topological polar surface area (TPSA) is 75.4 Å². The molecule has 1 aromatic rings. The van der Waals surface area contributed by atoms with Gasteiger partial charge >= 0.3 is 6.03 Å². The molecule has 3 rings (SSSR count). The Labute approximate surface area is 150 Å². The summed E-state index contributed by atoms with van der Waals surface area (Å²) in [5.41, 5.74) is 6.67. The van der Waals surface area contributed by atoms with Crippen molar-refractivity contribution in [3.8, 4) is 0 Å². The second-order valence-electron chi connectivity index (χ2n) is 7.45. The summed E-state index contributed by atoms with van der Waals surface area (Å²) in [6.07, 6.45) is 7.15. The van der Waals surface area contributed by atoms with Crippen LogP contribution in [0.15, 0.2) is 30.3 Å². The van der Waals surface area contributed by atoms with Crippen LogP contribution in [0.4, 0.5) is 4.79 Å². The molecule has 136 valence electrons. The molecular formula is C20H29N3O2. The maximum Gasteiger partial charge on any atom is 0.314 e. The van der Waals surface area contributed by atoms with Crippen molar-refractivity contribution in [2.45, 2.75) is 51.0 Å². The Morgan fingerprint density at radius 1 is 1.04 bits per heavy atom. The van der Waals surface area contributed by atoms with Gasteiger partial charge in [0.05, 0.1) is 0 Å². The highest BCUT2D eigenvalue weighted by atomic mass is 16.2. The molecule has 3 amide bonds. The average molecular weight is 343 g/mol. The standard InChI is InChI=1S/C20H29N3O2/c21-20(25)23-12-10-16(11-13-23)19(24)22-18-9-5-4-8-17(18)14-15-6-2-1-3-7-15/h1-3,6-7,16-18H,4-5,8-14H2,(H2,21,25)(H,22,24)/t17-,18+/m0/s1. The molecule has 0 bridgehead atoms. The fourth-order valence-electron chi connectivity index (χ4n) is 4.22. The van der Waals surface area contributed by atoms with Crippen LogP contribution in [0.25, 0.3) is 0 Å². The monoisotopic (exact) mass is 343 g/mol. The van der Waals surface area contributed by atoms with E-state index in [-0.39, 0.29) is 23.9 Å². The van der Waals surface area contributed by atoms with Crippen molar-refractivity contribution in [3.05, 3.63) is 35.9 Å². The first-order valence-corrected chi connectivity index (χ1v) is 9.52.